The highest BCUT2D eigenvalue weighted by Gasteiger charge is 2.60. The SMILES string of the molecule is CCOC1=NC2(C(=O)OC)C(C(=O)OC)=C(C(=O)OC)C(C(=O)OC)=CN2c2ccccc21. The van der Waals surface area contributed by atoms with Gasteiger partial charge >= 0.3 is 23.9 Å². The minimum absolute atomic E-state index is 0.0234. The molecule has 3 rings (SSSR count). The fourth-order valence-corrected chi connectivity index (χ4v) is 3.70. The summed E-state index contributed by atoms with van der Waals surface area (Å²) in [6.45, 7) is 1.91. The standard InChI is InChI=1S/C22H22N2O9/c1-6-33-17-12-9-7-8-10-14(12)24-11-13(18(25)29-2)15(19(26)30-3)16(20(27)31-4)22(24,23-17)21(28)32-5/h7-11H,6H2,1-5H3. The Morgan fingerprint density at radius 1 is 0.909 bits per heavy atom. The topological polar surface area (TPSA) is 130 Å². The van der Waals surface area contributed by atoms with E-state index in [1.54, 1.807) is 31.2 Å². The van der Waals surface area contributed by atoms with Gasteiger partial charge in [-0.05, 0) is 19.1 Å². The van der Waals surface area contributed by atoms with E-state index in [1.807, 2.05) is 0 Å². The molecule has 2 heterocycles. The maximum Gasteiger partial charge on any atom is 0.360 e. The Bertz CT molecular complexity index is 1120. The van der Waals surface area contributed by atoms with Crippen LogP contribution < -0.4 is 4.90 Å². The van der Waals surface area contributed by atoms with Gasteiger partial charge in [0.1, 0.15) is 5.57 Å². The molecular weight excluding hydrogens is 436 g/mol. The van der Waals surface area contributed by atoms with E-state index in [9.17, 15) is 19.2 Å². The van der Waals surface area contributed by atoms with Crippen LogP contribution in [0, 0.1) is 0 Å². The minimum atomic E-state index is -2.29. The van der Waals surface area contributed by atoms with Crippen LogP contribution >= 0.6 is 0 Å². The Balaban J connectivity index is 2.55. The summed E-state index contributed by atoms with van der Waals surface area (Å²) < 4.78 is 25.2. The number of para-hydroxylation sites is 1. The molecule has 2 aliphatic heterocycles. The third kappa shape index (κ3) is 3.51. The molecule has 1 aromatic rings. The van der Waals surface area contributed by atoms with E-state index >= 15 is 0 Å². The first-order chi connectivity index (χ1) is 15.8. The summed E-state index contributed by atoms with van der Waals surface area (Å²) in [5, 5.41) is 0. The van der Waals surface area contributed by atoms with Gasteiger partial charge in [-0.25, -0.2) is 24.2 Å². The van der Waals surface area contributed by atoms with Crippen molar-refractivity contribution in [3.8, 4) is 0 Å². The van der Waals surface area contributed by atoms with Crippen molar-refractivity contribution >= 4 is 35.5 Å². The van der Waals surface area contributed by atoms with Crippen LogP contribution in [0.2, 0.25) is 0 Å². The van der Waals surface area contributed by atoms with Crippen molar-refractivity contribution < 1.29 is 42.9 Å². The monoisotopic (exact) mass is 458 g/mol. The lowest BCUT2D eigenvalue weighted by molar-refractivity contribution is -0.149. The van der Waals surface area contributed by atoms with Crippen LogP contribution in [0.5, 0.6) is 0 Å². The molecule has 0 bridgehead atoms. The van der Waals surface area contributed by atoms with E-state index < -0.39 is 40.7 Å². The Morgan fingerprint density at radius 3 is 2.12 bits per heavy atom. The van der Waals surface area contributed by atoms with Gasteiger partial charge in [0.05, 0.1) is 57.4 Å². The van der Waals surface area contributed by atoms with Crippen molar-refractivity contribution in [2.75, 3.05) is 39.9 Å². The van der Waals surface area contributed by atoms with Crippen LogP contribution in [0.1, 0.15) is 12.5 Å². The molecule has 0 aromatic heterocycles. The van der Waals surface area contributed by atoms with Crippen molar-refractivity contribution in [2.45, 2.75) is 12.6 Å². The molecule has 1 aromatic carbocycles. The molecule has 0 fully saturated rings. The molecule has 0 radical (unpaired) electrons. The fourth-order valence-electron chi connectivity index (χ4n) is 3.70. The van der Waals surface area contributed by atoms with Crippen LogP contribution in [0.15, 0.2) is 52.2 Å². The van der Waals surface area contributed by atoms with Gasteiger partial charge in [0, 0.05) is 6.20 Å². The van der Waals surface area contributed by atoms with Crippen LogP contribution in [-0.2, 0) is 42.9 Å². The van der Waals surface area contributed by atoms with Gasteiger partial charge in [-0.1, -0.05) is 12.1 Å². The Kier molecular flexibility index (Phi) is 6.52. The first-order valence-electron chi connectivity index (χ1n) is 9.73. The highest BCUT2D eigenvalue weighted by molar-refractivity contribution is 6.19. The Hall–Kier alpha value is -4.15. The van der Waals surface area contributed by atoms with Gasteiger partial charge in [0.2, 0.25) is 5.90 Å². The third-order valence-corrected chi connectivity index (χ3v) is 5.07. The molecule has 11 heteroatoms. The summed E-state index contributed by atoms with van der Waals surface area (Å²) in [6, 6.07) is 6.72. The summed E-state index contributed by atoms with van der Waals surface area (Å²) in [4.78, 5) is 57.6. The van der Waals surface area contributed by atoms with Crippen molar-refractivity contribution in [3.05, 3.63) is 52.7 Å². The molecule has 0 spiro atoms. The summed E-state index contributed by atoms with van der Waals surface area (Å²) in [5.41, 5.74) is -2.93. The number of esters is 4. The van der Waals surface area contributed by atoms with Gasteiger partial charge in [-0.15, -0.1) is 0 Å². The lowest BCUT2D eigenvalue weighted by Crippen LogP contribution is -2.60. The first-order valence-corrected chi connectivity index (χ1v) is 9.73. The summed E-state index contributed by atoms with van der Waals surface area (Å²) in [6.07, 6.45) is 1.19. The van der Waals surface area contributed by atoms with Crippen molar-refractivity contribution in [3.63, 3.8) is 0 Å². The number of carbonyl (C=O) groups is 4. The number of ether oxygens (including phenoxy) is 5. The maximum atomic E-state index is 13.3. The normalized spacial score (nSPS) is 18.8. The highest BCUT2D eigenvalue weighted by Crippen LogP contribution is 2.46. The molecule has 33 heavy (non-hydrogen) atoms. The predicted molar refractivity (Wildman–Crippen MR) is 113 cm³/mol. The number of aliphatic imine (C=N–C) groups is 1. The molecule has 0 saturated heterocycles. The van der Waals surface area contributed by atoms with Gasteiger partial charge in [-0.3, -0.25) is 0 Å². The zero-order valence-electron chi connectivity index (χ0n) is 18.7. The maximum absolute atomic E-state index is 13.3. The van der Waals surface area contributed by atoms with Crippen LogP contribution in [0.4, 0.5) is 5.69 Å². The number of nitrogens with zero attached hydrogens (tertiary/aromatic N) is 2. The van der Waals surface area contributed by atoms with E-state index in [2.05, 4.69) is 4.99 Å². The van der Waals surface area contributed by atoms with Gasteiger partial charge in [0.15, 0.2) is 0 Å². The van der Waals surface area contributed by atoms with Crippen LogP contribution in [0.3, 0.4) is 0 Å². The largest absolute Gasteiger partial charge is 0.478 e. The number of carbonyl (C=O) groups excluding carboxylic acids is 4. The van der Waals surface area contributed by atoms with Crippen molar-refractivity contribution in [1.29, 1.82) is 0 Å². The second kappa shape index (κ2) is 9.15. The lowest BCUT2D eigenvalue weighted by Gasteiger charge is -2.45. The van der Waals surface area contributed by atoms with Crippen LogP contribution in [0.25, 0.3) is 0 Å². The molecule has 0 aliphatic carbocycles. The number of hydrogen-bond acceptors (Lipinski definition) is 11. The highest BCUT2D eigenvalue weighted by atomic mass is 16.5. The molecule has 0 amide bonds. The Labute approximate surface area is 189 Å². The molecule has 2 aliphatic rings. The first kappa shape index (κ1) is 23.5. The molecular formula is C22H22N2O9. The zero-order chi connectivity index (χ0) is 24.3. The van der Waals surface area contributed by atoms with Gasteiger partial charge < -0.3 is 28.6 Å². The fraction of sp³-hybridized carbons (Fsp3) is 0.318. The van der Waals surface area contributed by atoms with Crippen LogP contribution in [-0.4, -0.2) is 70.5 Å². The summed E-state index contributed by atoms with van der Waals surface area (Å²) in [7, 11) is 4.31. The van der Waals surface area contributed by atoms with E-state index in [4.69, 9.17) is 23.7 Å². The van der Waals surface area contributed by atoms with E-state index in [0.717, 1.165) is 28.4 Å². The number of hydrogen-bond donors (Lipinski definition) is 0. The smallest absolute Gasteiger partial charge is 0.360 e. The zero-order valence-corrected chi connectivity index (χ0v) is 18.7. The molecule has 1 atom stereocenters. The second-order valence-electron chi connectivity index (χ2n) is 6.67. The minimum Gasteiger partial charge on any atom is -0.478 e. The van der Waals surface area contributed by atoms with Crippen molar-refractivity contribution in [2.24, 2.45) is 4.99 Å². The average molecular weight is 458 g/mol. The molecule has 0 saturated carbocycles. The molecule has 0 N–H and O–H groups in total. The third-order valence-electron chi connectivity index (χ3n) is 5.07. The summed E-state index contributed by atoms with van der Waals surface area (Å²) in [5.74, 6) is -4.15. The molecule has 174 valence electrons. The molecule has 1 unspecified atom stereocenters. The number of methoxy groups -OCH3 is 4. The quantitative estimate of drug-likeness (QED) is 0.463. The summed E-state index contributed by atoms with van der Waals surface area (Å²) >= 11 is 0. The Morgan fingerprint density at radius 2 is 1.55 bits per heavy atom. The second-order valence-corrected chi connectivity index (χ2v) is 6.67. The number of rotatable bonds is 5. The number of fused-ring (bicyclic) bond motifs is 3. The van der Waals surface area contributed by atoms with Gasteiger partial charge in [0.25, 0.3) is 5.66 Å². The van der Waals surface area contributed by atoms with Gasteiger partial charge in [-0.2, -0.15) is 0 Å². The predicted octanol–water partition coefficient (Wildman–Crippen LogP) is 0.872. The van der Waals surface area contributed by atoms with Crippen molar-refractivity contribution in [1.82, 2.24) is 0 Å². The average Bonchev–Trinajstić information content (AvgIpc) is 2.85. The number of benzene rings is 1. The molecule has 11 nitrogen and oxygen atoms in total. The van der Waals surface area contributed by atoms with E-state index in [1.165, 1.54) is 11.1 Å². The van der Waals surface area contributed by atoms with E-state index in [-0.39, 0.29) is 18.1 Å². The lowest BCUT2D eigenvalue weighted by atomic mass is 9.83. The number of anilines is 1. The van der Waals surface area contributed by atoms with E-state index in [0.29, 0.717) is 11.3 Å².